The van der Waals surface area contributed by atoms with Crippen LogP contribution in [0.15, 0.2) is 58.3 Å². The molecule has 2 aromatic carbocycles. The van der Waals surface area contributed by atoms with Crippen LogP contribution in [0.4, 0.5) is 0 Å². The van der Waals surface area contributed by atoms with Crippen LogP contribution in [0, 0.1) is 6.92 Å². The monoisotopic (exact) mass is 397 g/mol. The van der Waals surface area contributed by atoms with Crippen molar-refractivity contribution in [3.8, 4) is 5.69 Å². The Bertz CT molecular complexity index is 1120. The maximum atomic E-state index is 12.0. The van der Waals surface area contributed by atoms with Gasteiger partial charge < -0.3 is 4.57 Å². The highest BCUT2D eigenvalue weighted by atomic mass is 35.5. The van der Waals surface area contributed by atoms with Gasteiger partial charge in [0.25, 0.3) is 5.56 Å². The molecule has 1 aromatic heterocycles. The first kappa shape index (κ1) is 18.0. The van der Waals surface area contributed by atoms with Crippen molar-refractivity contribution < 1.29 is 0 Å². The minimum atomic E-state index is -0.233. The summed E-state index contributed by atoms with van der Waals surface area (Å²) in [6, 6.07) is 14.9. The molecular formula is C21H17Cl2N3O. The van der Waals surface area contributed by atoms with Gasteiger partial charge in [-0.25, -0.2) is 0 Å². The summed E-state index contributed by atoms with van der Waals surface area (Å²) >= 11 is 12.4. The van der Waals surface area contributed by atoms with Gasteiger partial charge in [-0.05, 0) is 37.3 Å². The van der Waals surface area contributed by atoms with Crippen molar-refractivity contribution in [2.45, 2.75) is 19.8 Å². The van der Waals surface area contributed by atoms with Gasteiger partial charge in [-0.1, -0.05) is 42.3 Å². The second kappa shape index (κ2) is 6.95. The maximum absolute atomic E-state index is 12.0. The first-order valence-electron chi connectivity index (χ1n) is 8.65. The lowest BCUT2D eigenvalue weighted by molar-refractivity contribution is 0.660. The minimum Gasteiger partial charge on any atom is -0.301 e. The van der Waals surface area contributed by atoms with E-state index in [1.165, 1.54) is 0 Å². The van der Waals surface area contributed by atoms with Crippen LogP contribution in [-0.4, -0.2) is 21.8 Å². The molecule has 0 aliphatic carbocycles. The van der Waals surface area contributed by atoms with E-state index in [0.717, 1.165) is 28.2 Å². The molecule has 1 unspecified atom stereocenters. The van der Waals surface area contributed by atoms with Crippen LogP contribution in [0.2, 0.25) is 10.0 Å². The molecule has 0 bridgehead atoms. The Morgan fingerprint density at radius 3 is 2.48 bits per heavy atom. The number of benzene rings is 2. The molecule has 2 heterocycles. The third-order valence-corrected chi connectivity index (χ3v) is 5.16. The lowest BCUT2D eigenvalue weighted by Gasteiger charge is -2.25. The van der Waals surface area contributed by atoms with E-state index in [-0.39, 0.29) is 11.5 Å². The topological polar surface area (TPSA) is 47.2 Å². The normalized spacial score (nSPS) is 17.9. The Labute approximate surface area is 167 Å². The number of nitrogens with zero attached hydrogens (tertiary/aromatic N) is 3. The van der Waals surface area contributed by atoms with Gasteiger partial charge in [0.2, 0.25) is 0 Å². The van der Waals surface area contributed by atoms with E-state index in [1.54, 1.807) is 6.07 Å². The molecule has 6 heteroatoms. The molecule has 1 aliphatic rings. The van der Waals surface area contributed by atoms with Crippen LogP contribution < -0.4 is 5.56 Å². The minimum absolute atomic E-state index is 0.0104. The standard InChI is InChI=1S/C21H17Cl2N3O/c1-12-11-24-20(14-3-5-15(22)6-4-14)17-10-16(23)7-8-18(17)26-13(2)9-19(27)25-21(12)26/h3-10,12H,11H2,1-2H3/b24-20-. The van der Waals surface area contributed by atoms with Gasteiger partial charge in [-0.3, -0.25) is 9.79 Å². The predicted octanol–water partition coefficient (Wildman–Crippen LogP) is 4.80. The van der Waals surface area contributed by atoms with Crippen molar-refractivity contribution in [2.75, 3.05) is 6.54 Å². The van der Waals surface area contributed by atoms with E-state index in [4.69, 9.17) is 28.2 Å². The van der Waals surface area contributed by atoms with Gasteiger partial charge in [0, 0.05) is 45.4 Å². The zero-order valence-electron chi connectivity index (χ0n) is 14.9. The number of aryl methyl sites for hydroxylation is 1. The first-order chi connectivity index (χ1) is 12.9. The summed E-state index contributed by atoms with van der Waals surface area (Å²) in [5, 5.41) is 1.30. The molecular weight excluding hydrogens is 381 g/mol. The number of fused-ring (bicyclic) bond motifs is 3. The van der Waals surface area contributed by atoms with Gasteiger partial charge in [0.15, 0.2) is 0 Å². The highest BCUT2D eigenvalue weighted by molar-refractivity contribution is 6.32. The molecule has 0 saturated heterocycles. The molecule has 1 atom stereocenters. The Morgan fingerprint density at radius 2 is 1.74 bits per heavy atom. The summed E-state index contributed by atoms with van der Waals surface area (Å²) < 4.78 is 2.03. The van der Waals surface area contributed by atoms with Crippen LogP contribution in [-0.2, 0) is 0 Å². The van der Waals surface area contributed by atoms with E-state index in [1.807, 2.05) is 60.9 Å². The third-order valence-electron chi connectivity index (χ3n) is 4.68. The van der Waals surface area contributed by atoms with Crippen molar-refractivity contribution in [1.82, 2.24) is 9.55 Å². The van der Waals surface area contributed by atoms with Gasteiger partial charge in [0.05, 0.1) is 11.4 Å². The summed E-state index contributed by atoms with van der Waals surface area (Å²) in [7, 11) is 0. The van der Waals surface area contributed by atoms with Gasteiger partial charge >= 0.3 is 0 Å². The zero-order chi connectivity index (χ0) is 19.1. The lowest BCUT2D eigenvalue weighted by Crippen LogP contribution is -2.25. The Hall–Kier alpha value is -2.43. The lowest BCUT2D eigenvalue weighted by atomic mass is 9.98. The van der Waals surface area contributed by atoms with E-state index in [9.17, 15) is 4.79 Å². The largest absolute Gasteiger partial charge is 0.301 e. The smallest absolute Gasteiger partial charge is 0.273 e. The van der Waals surface area contributed by atoms with Crippen LogP contribution in [0.25, 0.3) is 5.69 Å². The molecule has 136 valence electrons. The molecule has 1 aliphatic heterocycles. The van der Waals surface area contributed by atoms with Crippen LogP contribution >= 0.6 is 23.2 Å². The Kier molecular flexibility index (Phi) is 4.62. The molecule has 0 saturated carbocycles. The van der Waals surface area contributed by atoms with E-state index >= 15 is 0 Å². The number of hydrogen-bond donors (Lipinski definition) is 0. The van der Waals surface area contributed by atoms with Crippen molar-refractivity contribution in [3.05, 3.63) is 91.6 Å². The average molecular weight is 398 g/mol. The van der Waals surface area contributed by atoms with Crippen LogP contribution in [0.3, 0.4) is 0 Å². The van der Waals surface area contributed by atoms with Gasteiger partial charge in [-0.15, -0.1) is 0 Å². The highest BCUT2D eigenvalue weighted by Crippen LogP contribution is 2.29. The highest BCUT2D eigenvalue weighted by Gasteiger charge is 2.23. The van der Waals surface area contributed by atoms with Crippen molar-refractivity contribution in [3.63, 3.8) is 0 Å². The molecule has 0 N–H and O–H groups in total. The zero-order valence-corrected chi connectivity index (χ0v) is 16.4. The Morgan fingerprint density at radius 1 is 1.04 bits per heavy atom. The summed E-state index contributed by atoms with van der Waals surface area (Å²) in [5.74, 6) is 0.700. The van der Waals surface area contributed by atoms with E-state index in [0.29, 0.717) is 22.4 Å². The van der Waals surface area contributed by atoms with E-state index < -0.39 is 0 Å². The first-order valence-corrected chi connectivity index (χ1v) is 9.41. The summed E-state index contributed by atoms with van der Waals surface area (Å²) in [6.45, 7) is 4.46. The van der Waals surface area contributed by atoms with Crippen LogP contribution in [0.5, 0.6) is 0 Å². The second-order valence-electron chi connectivity index (χ2n) is 6.69. The van der Waals surface area contributed by atoms with Gasteiger partial charge in [0.1, 0.15) is 5.82 Å². The fourth-order valence-electron chi connectivity index (χ4n) is 3.41. The average Bonchev–Trinajstić information content (AvgIpc) is 2.62. The predicted molar refractivity (Wildman–Crippen MR) is 110 cm³/mol. The van der Waals surface area contributed by atoms with Crippen molar-refractivity contribution in [2.24, 2.45) is 4.99 Å². The molecule has 0 radical (unpaired) electrons. The summed E-state index contributed by atoms with van der Waals surface area (Å²) in [6.07, 6.45) is 0. The van der Waals surface area contributed by atoms with Crippen molar-refractivity contribution in [1.29, 1.82) is 0 Å². The summed E-state index contributed by atoms with van der Waals surface area (Å²) in [4.78, 5) is 21.1. The third kappa shape index (κ3) is 3.31. The molecule has 0 amide bonds. The number of halogens is 2. The van der Waals surface area contributed by atoms with Crippen LogP contribution in [0.1, 0.15) is 35.5 Å². The second-order valence-corrected chi connectivity index (χ2v) is 7.56. The number of aromatic nitrogens is 2. The van der Waals surface area contributed by atoms with E-state index in [2.05, 4.69) is 4.98 Å². The quantitative estimate of drug-likeness (QED) is 0.591. The molecule has 0 fully saturated rings. The molecule has 4 rings (SSSR count). The summed E-state index contributed by atoms with van der Waals surface area (Å²) in [5.41, 5.74) is 4.21. The SMILES string of the molecule is Cc1cc(=O)nc2n1-c1ccc(Cl)cc1/C(c1ccc(Cl)cc1)=N\CC2C. The Balaban J connectivity index is 2.04. The fraction of sp³-hybridized carbons (Fsp3) is 0.190. The molecule has 4 nitrogen and oxygen atoms in total. The number of hydrogen-bond acceptors (Lipinski definition) is 3. The fourth-order valence-corrected chi connectivity index (χ4v) is 3.70. The maximum Gasteiger partial charge on any atom is 0.273 e. The number of aliphatic imine (C=N–C) groups is 1. The van der Waals surface area contributed by atoms with Gasteiger partial charge in [-0.2, -0.15) is 4.98 Å². The molecule has 3 aromatic rings. The molecule has 0 spiro atoms. The van der Waals surface area contributed by atoms with Crippen molar-refractivity contribution >= 4 is 28.9 Å². The molecule has 27 heavy (non-hydrogen) atoms. The number of rotatable bonds is 1.